The Morgan fingerprint density at radius 3 is 2.56 bits per heavy atom. The lowest BCUT2D eigenvalue weighted by molar-refractivity contribution is 0.210. The zero-order valence-electron chi connectivity index (χ0n) is 14.7. The number of benzene rings is 1. The molecular formula is C18H16Cl2N4O2S. The highest BCUT2D eigenvalue weighted by Crippen LogP contribution is 2.43. The third kappa shape index (κ3) is 4.21. The molecule has 0 spiro atoms. The fourth-order valence-corrected chi connectivity index (χ4v) is 3.90. The second kappa shape index (κ2) is 7.42. The molecule has 2 aromatic heterocycles. The number of hydrogen-bond acceptors (Lipinski definition) is 5. The van der Waals surface area contributed by atoms with Gasteiger partial charge in [0, 0.05) is 17.2 Å². The SMILES string of the molecule is CC(C)(C)c1nc(-c2cccc(NC(=O)O)c2Cl)c(-c2ccnc(Cl)n2)s1. The van der Waals surface area contributed by atoms with Crippen LogP contribution in [0, 0.1) is 0 Å². The Hall–Kier alpha value is -2.22. The third-order valence-electron chi connectivity index (χ3n) is 3.62. The molecule has 0 radical (unpaired) electrons. The van der Waals surface area contributed by atoms with E-state index in [4.69, 9.17) is 33.3 Å². The first-order valence-corrected chi connectivity index (χ1v) is 9.53. The van der Waals surface area contributed by atoms with Gasteiger partial charge < -0.3 is 5.11 Å². The van der Waals surface area contributed by atoms with E-state index in [2.05, 4.69) is 36.1 Å². The van der Waals surface area contributed by atoms with E-state index in [1.165, 1.54) is 11.3 Å². The van der Waals surface area contributed by atoms with Crippen molar-refractivity contribution in [1.82, 2.24) is 15.0 Å². The minimum atomic E-state index is -1.19. The Morgan fingerprint density at radius 1 is 1.19 bits per heavy atom. The predicted molar refractivity (Wildman–Crippen MR) is 109 cm³/mol. The van der Waals surface area contributed by atoms with Crippen LogP contribution in [0.25, 0.3) is 21.8 Å². The van der Waals surface area contributed by atoms with E-state index >= 15 is 0 Å². The van der Waals surface area contributed by atoms with Crippen molar-refractivity contribution >= 4 is 46.3 Å². The number of nitrogens with one attached hydrogen (secondary N) is 1. The topological polar surface area (TPSA) is 88.0 Å². The summed E-state index contributed by atoms with van der Waals surface area (Å²) in [5.74, 6) is 0. The summed E-state index contributed by atoms with van der Waals surface area (Å²) in [7, 11) is 0. The van der Waals surface area contributed by atoms with Crippen LogP contribution in [0.1, 0.15) is 25.8 Å². The van der Waals surface area contributed by atoms with Crippen molar-refractivity contribution in [2.45, 2.75) is 26.2 Å². The fraction of sp³-hybridized carbons (Fsp3) is 0.222. The van der Waals surface area contributed by atoms with Gasteiger partial charge in [0.2, 0.25) is 5.28 Å². The number of carboxylic acid groups (broad SMARTS) is 1. The Morgan fingerprint density at radius 2 is 1.93 bits per heavy atom. The molecule has 0 aliphatic heterocycles. The number of halogens is 2. The molecule has 27 heavy (non-hydrogen) atoms. The summed E-state index contributed by atoms with van der Waals surface area (Å²) >= 11 is 13.9. The van der Waals surface area contributed by atoms with Crippen LogP contribution in [0.5, 0.6) is 0 Å². The largest absolute Gasteiger partial charge is 0.465 e. The van der Waals surface area contributed by atoms with Crippen LogP contribution in [0.2, 0.25) is 10.3 Å². The zero-order chi connectivity index (χ0) is 19.8. The highest BCUT2D eigenvalue weighted by atomic mass is 35.5. The molecule has 9 heteroatoms. The van der Waals surface area contributed by atoms with Gasteiger partial charge in [-0.25, -0.2) is 19.7 Å². The van der Waals surface area contributed by atoms with Crippen LogP contribution >= 0.6 is 34.5 Å². The van der Waals surface area contributed by atoms with Gasteiger partial charge in [0.1, 0.15) is 0 Å². The molecule has 0 saturated heterocycles. The van der Waals surface area contributed by atoms with Crippen LogP contribution in [0.15, 0.2) is 30.5 Å². The zero-order valence-corrected chi connectivity index (χ0v) is 17.1. The van der Waals surface area contributed by atoms with Crippen LogP contribution in [0.4, 0.5) is 10.5 Å². The molecular weight excluding hydrogens is 407 g/mol. The summed E-state index contributed by atoms with van der Waals surface area (Å²) in [6.45, 7) is 6.20. The van der Waals surface area contributed by atoms with E-state index in [9.17, 15) is 4.79 Å². The number of thiazole rings is 1. The van der Waals surface area contributed by atoms with Crippen molar-refractivity contribution in [3.63, 3.8) is 0 Å². The molecule has 0 atom stereocenters. The standard InChI is InChI=1S/C18H16Cl2N4O2S/c1-18(2,3)15-24-13(14(27-15)11-7-8-21-16(20)22-11)9-5-4-6-10(12(9)19)23-17(25)26/h4-8,23H,1-3H3,(H,25,26). The number of aromatic nitrogens is 3. The average Bonchev–Trinajstić information content (AvgIpc) is 3.02. The van der Waals surface area contributed by atoms with E-state index in [1.807, 2.05) is 0 Å². The normalized spacial score (nSPS) is 11.4. The van der Waals surface area contributed by atoms with Gasteiger partial charge in [-0.2, -0.15) is 0 Å². The molecule has 3 aromatic rings. The molecule has 2 heterocycles. The lowest BCUT2D eigenvalue weighted by atomic mass is 9.98. The first-order chi connectivity index (χ1) is 12.7. The lowest BCUT2D eigenvalue weighted by Crippen LogP contribution is -2.10. The van der Waals surface area contributed by atoms with Gasteiger partial charge in [-0.05, 0) is 23.7 Å². The van der Waals surface area contributed by atoms with Gasteiger partial charge in [-0.3, -0.25) is 5.32 Å². The Kier molecular flexibility index (Phi) is 5.37. The number of hydrogen-bond donors (Lipinski definition) is 2. The molecule has 140 valence electrons. The maximum absolute atomic E-state index is 11.0. The number of nitrogens with zero attached hydrogens (tertiary/aromatic N) is 3. The highest BCUT2D eigenvalue weighted by Gasteiger charge is 2.25. The smallest absolute Gasteiger partial charge is 0.409 e. The number of rotatable bonds is 3. The summed E-state index contributed by atoms with van der Waals surface area (Å²) in [4.78, 5) is 24.8. The van der Waals surface area contributed by atoms with Gasteiger partial charge in [0.05, 0.1) is 32.0 Å². The minimum absolute atomic E-state index is 0.136. The summed E-state index contributed by atoms with van der Waals surface area (Å²) in [6, 6.07) is 6.86. The van der Waals surface area contributed by atoms with Crippen LogP contribution in [-0.2, 0) is 5.41 Å². The second-order valence-electron chi connectivity index (χ2n) is 6.75. The number of amides is 1. The van der Waals surface area contributed by atoms with E-state index in [-0.39, 0.29) is 15.7 Å². The van der Waals surface area contributed by atoms with E-state index in [1.54, 1.807) is 30.5 Å². The summed E-state index contributed by atoms with van der Waals surface area (Å²) in [6.07, 6.45) is 0.389. The van der Waals surface area contributed by atoms with Crippen LogP contribution < -0.4 is 5.32 Å². The first kappa shape index (κ1) is 19.5. The van der Waals surface area contributed by atoms with Gasteiger partial charge in [0.25, 0.3) is 0 Å². The Bertz CT molecular complexity index is 1010. The number of anilines is 1. The minimum Gasteiger partial charge on any atom is -0.465 e. The molecule has 1 amide bonds. The summed E-state index contributed by atoms with van der Waals surface area (Å²) in [5.41, 5.74) is 1.97. The molecule has 0 saturated carbocycles. The van der Waals surface area contributed by atoms with Crippen LogP contribution in [-0.4, -0.2) is 26.2 Å². The molecule has 0 aliphatic carbocycles. The number of carbonyl (C=O) groups is 1. The average molecular weight is 423 g/mol. The molecule has 0 aliphatic rings. The molecule has 0 unspecified atom stereocenters. The Balaban J connectivity index is 2.24. The van der Waals surface area contributed by atoms with Crippen molar-refractivity contribution < 1.29 is 9.90 Å². The van der Waals surface area contributed by atoms with Gasteiger partial charge in [-0.1, -0.05) is 44.5 Å². The van der Waals surface area contributed by atoms with Gasteiger partial charge in [-0.15, -0.1) is 11.3 Å². The van der Waals surface area contributed by atoms with Crippen molar-refractivity contribution in [1.29, 1.82) is 0 Å². The van der Waals surface area contributed by atoms with Crippen molar-refractivity contribution in [2.24, 2.45) is 0 Å². The molecule has 3 rings (SSSR count). The molecule has 0 bridgehead atoms. The highest BCUT2D eigenvalue weighted by molar-refractivity contribution is 7.15. The monoisotopic (exact) mass is 422 g/mol. The van der Waals surface area contributed by atoms with Crippen molar-refractivity contribution in [3.05, 3.63) is 45.8 Å². The summed E-state index contributed by atoms with van der Waals surface area (Å²) < 4.78 is 0. The Labute approximate surface area is 170 Å². The molecule has 0 fully saturated rings. The maximum Gasteiger partial charge on any atom is 0.409 e. The van der Waals surface area contributed by atoms with Crippen LogP contribution in [0.3, 0.4) is 0 Å². The predicted octanol–water partition coefficient (Wildman–Crippen LogP) is 5.96. The van der Waals surface area contributed by atoms with E-state index in [0.717, 1.165) is 9.88 Å². The fourth-order valence-electron chi connectivity index (χ4n) is 2.39. The summed E-state index contributed by atoms with van der Waals surface area (Å²) in [5, 5.41) is 12.6. The van der Waals surface area contributed by atoms with Crippen molar-refractivity contribution in [3.8, 4) is 21.8 Å². The first-order valence-electron chi connectivity index (χ1n) is 7.96. The molecule has 6 nitrogen and oxygen atoms in total. The van der Waals surface area contributed by atoms with Gasteiger partial charge >= 0.3 is 6.09 Å². The molecule has 2 N–H and O–H groups in total. The molecule has 1 aromatic carbocycles. The lowest BCUT2D eigenvalue weighted by Gasteiger charge is -2.13. The third-order valence-corrected chi connectivity index (χ3v) is 5.72. The quantitative estimate of drug-likeness (QED) is 0.508. The second-order valence-corrected chi connectivity index (χ2v) is 8.47. The van der Waals surface area contributed by atoms with E-state index in [0.29, 0.717) is 22.6 Å². The van der Waals surface area contributed by atoms with E-state index < -0.39 is 6.09 Å². The maximum atomic E-state index is 11.0. The van der Waals surface area contributed by atoms with Gasteiger partial charge in [0.15, 0.2) is 0 Å². The van der Waals surface area contributed by atoms with Crippen molar-refractivity contribution in [2.75, 3.05) is 5.32 Å².